The second-order valence-corrected chi connectivity index (χ2v) is 20.7. The second-order valence-electron chi connectivity index (χ2n) is 18.9. The van der Waals surface area contributed by atoms with Crippen LogP contribution < -0.4 is 9.47 Å². The molecule has 7 aromatic rings. The molecule has 4 heterocycles. The molecule has 9 heteroatoms. The number of hydrogen-bond donors (Lipinski definition) is 0. The average molecular weight is 940 g/mol. The van der Waals surface area contributed by atoms with Gasteiger partial charge in [0.15, 0.2) is 0 Å². The van der Waals surface area contributed by atoms with Gasteiger partial charge in [-0.3, -0.25) is 0 Å². The molecule has 0 spiro atoms. The van der Waals surface area contributed by atoms with Gasteiger partial charge in [-0.25, -0.2) is 9.97 Å². The third-order valence-corrected chi connectivity index (χ3v) is 15.9. The van der Waals surface area contributed by atoms with Crippen molar-refractivity contribution in [3.05, 3.63) is 82.6 Å². The molecule has 4 aromatic heterocycles. The van der Waals surface area contributed by atoms with E-state index in [1.54, 1.807) is 14.2 Å². The number of methoxy groups -OCH3 is 2. The molecule has 7 nitrogen and oxygen atoms in total. The summed E-state index contributed by atoms with van der Waals surface area (Å²) in [4.78, 5) is 15.9. The molecule has 0 bridgehead atoms. The molecule has 0 fully saturated rings. The van der Waals surface area contributed by atoms with E-state index in [-0.39, 0.29) is 0 Å². The van der Waals surface area contributed by atoms with Gasteiger partial charge in [0.05, 0.1) is 32.2 Å². The van der Waals surface area contributed by atoms with Crippen molar-refractivity contribution in [2.24, 2.45) is 11.8 Å². The van der Waals surface area contributed by atoms with Crippen LogP contribution in [0.1, 0.15) is 161 Å². The van der Waals surface area contributed by atoms with Crippen LogP contribution in [0.15, 0.2) is 71.4 Å². The van der Waals surface area contributed by atoms with Gasteiger partial charge in [0, 0.05) is 32.0 Å². The fourth-order valence-electron chi connectivity index (χ4n) is 9.68. The smallest absolute Gasteiger partial charge is 0.124 e. The molecular formula is C58H77N5O2S2. The largest absolute Gasteiger partial charge is 0.497 e. The van der Waals surface area contributed by atoms with Crippen LogP contribution in [0.5, 0.6) is 11.5 Å². The number of nitrogens with zero attached hydrogens (tertiary/aromatic N) is 5. The molecule has 0 saturated heterocycles. The van der Waals surface area contributed by atoms with Crippen molar-refractivity contribution in [3.8, 4) is 54.9 Å². The van der Waals surface area contributed by atoms with Crippen LogP contribution in [0.3, 0.4) is 0 Å². The molecule has 3 aromatic carbocycles. The first-order valence-corrected chi connectivity index (χ1v) is 27.7. The first-order valence-electron chi connectivity index (χ1n) is 26.0. The predicted octanol–water partition coefficient (Wildman–Crippen LogP) is 17.6. The highest BCUT2D eigenvalue weighted by molar-refractivity contribution is 7.14. The zero-order valence-corrected chi connectivity index (χ0v) is 43.4. The maximum absolute atomic E-state index is 5.80. The number of rotatable bonds is 29. The molecule has 0 aliphatic carbocycles. The molecular weight excluding hydrogens is 863 g/mol. The van der Waals surface area contributed by atoms with Gasteiger partial charge in [-0.2, -0.15) is 15.0 Å². The number of aryl methyl sites for hydroxylation is 1. The summed E-state index contributed by atoms with van der Waals surface area (Å²) in [6.45, 7) is 12.4. The van der Waals surface area contributed by atoms with E-state index in [0.29, 0.717) is 11.8 Å². The molecule has 0 aliphatic heterocycles. The Hall–Kier alpha value is -4.60. The van der Waals surface area contributed by atoms with E-state index in [1.165, 1.54) is 130 Å². The molecule has 0 radical (unpaired) electrons. The van der Waals surface area contributed by atoms with Crippen molar-refractivity contribution >= 4 is 44.7 Å². The lowest BCUT2D eigenvalue weighted by atomic mass is 9.92. The van der Waals surface area contributed by atoms with Crippen LogP contribution >= 0.6 is 22.7 Å². The summed E-state index contributed by atoms with van der Waals surface area (Å²) in [5.41, 5.74) is 12.0. The SMILES string of the molecule is CCCCCCCCCCCCn1nc2c(-c3cc(CC(CC)CCCC)cs3)c3nc(-c4ccc(OC)cc4)c(-c4ccc(OC)cc4)nc3c(-c3cc(CC(CC)CCCC)cs3)c2n1. The van der Waals surface area contributed by atoms with Gasteiger partial charge in [-0.15, -0.1) is 22.7 Å². The van der Waals surface area contributed by atoms with Gasteiger partial charge >= 0.3 is 0 Å². The third kappa shape index (κ3) is 12.9. The summed E-state index contributed by atoms with van der Waals surface area (Å²) >= 11 is 3.63. The van der Waals surface area contributed by atoms with E-state index in [9.17, 15) is 0 Å². The minimum Gasteiger partial charge on any atom is -0.497 e. The summed E-state index contributed by atoms with van der Waals surface area (Å²) in [5.74, 6) is 2.94. The average Bonchev–Trinajstić information content (AvgIpc) is 4.14. The van der Waals surface area contributed by atoms with E-state index < -0.39 is 0 Å². The highest BCUT2D eigenvalue weighted by Crippen LogP contribution is 2.47. The third-order valence-electron chi connectivity index (χ3n) is 13.9. The molecule has 0 N–H and O–H groups in total. The fraction of sp³-hybridized carbons (Fsp3) is 0.517. The number of hydrogen-bond acceptors (Lipinski definition) is 8. The molecule has 0 aliphatic rings. The normalized spacial score (nSPS) is 12.6. The number of unbranched alkanes of at least 4 members (excludes halogenated alkanes) is 11. The van der Waals surface area contributed by atoms with Crippen LogP contribution in [-0.2, 0) is 19.4 Å². The standard InChI is InChI=1S/C58H77N5O2S2/c1-8-13-16-17-18-19-20-21-22-23-34-63-61-57-51(49-37-43(39-66-49)35-41(11-4)24-14-9-2)55-56(52(58(57)62-63)50-38-44(40-67-50)36-42(12-5)25-15-10-3)60-54(46-28-32-48(65-7)33-29-46)53(59-55)45-26-30-47(64-6)31-27-45/h26-33,37-42H,8-25,34-36H2,1-7H3. The Labute approximate surface area is 410 Å². The Kier molecular flexibility index (Phi) is 19.3. The maximum Gasteiger partial charge on any atom is 0.124 e. The van der Waals surface area contributed by atoms with Gasteiger partial charge in [-0.05, 0) is 114 Å². The van der Waals surface area contributed by atoms with Gasteiger partial charge < -0.3 is 9.47 Å². The Bertz CT molecular complexity index is 2410. The minimum absolute atomic E-state index is 0.666. The fourth-order valence-corrected chi connectivity index (χ4v) is 11.6. The molecule has 0 amide bonds. The van der Waals surface area contributed by atoms with Crippen LogP contribution in [0.2, 0.25) is 0 Å². The highest BCUT2D eigenvalue weighted by atomic mass is 32.1. The zero-order valence-electron chi connectivity index (χ0n) is 41.8. The van der Waals surface area contributed by atoms with E-state index in [0.717, 1.165) is 93.0 Å². The summed E-state index contributed by atoms with van der Waals surface area (Å²) < 4.78 is 11.2. The molecule has 67 heavy (non-hydrogen) atoms. The van der Waals surface area contributed by atoms with E-state index in [4.69, 9.17) is 29.6 Å². The lowest BCUT2D eigenvalue weighted by Crippen LogP contribution is -2.02. The molecule has 2 atom stereocenters. The topological polar surface area (TPSA) is 75.0 Å². The van der Waals surface area contributed by atoms with Crippen LogP contribution in [0, 0.1) is 11.8 Å². The summed E-state index contributed by atoms with van der Waals surface area (Å²) in [5, 5.41) is 15.7. The Morgan fingerprint density at radius 3 is 1.28 bits per heavy atom. The van der Waals surface area contributed by atoms with Gasteiger partial charge in [0.25, 0.3) is 0 Å². The summed E-state index contributed by atoms with van der Waals surface area (Å²) in [6, 6.07) is 21.3. The number of benzene rings is 3. The van der Waals surface area contributed by atoms with Crippen LogP contribution in [0.4, 0.5) is 0 Å². The number of thiophene rings is 2. The van der Waals surface area contributed by atoms with E-state index in [2.05, 4.69) is 81.8 Å². The Morgan fingerprint density at radius 2 is 0.896 bits per heavy atom. The number of aromatic nitrogens is 5. The molecule has 2 unspecified atom stereocenters. The van der Waals surface area contributed by atoms with Crippen LogP contribution in [-0.4, -0.2) is 39.2 Å². The van der Waals surface area contributed by atoms with Crippen molar-refractivity contribution in [3.63, 3.8) is 0 Å². The summed E-state index contributed by atoms with van der Waals surface area (Å²) in [6.07, 6.45) is 25.0. The Morgan fingerprint density at radius 1 is 0.493 bits per heavy atom. The first kappa shape index (κ1) is 50.3. The van der Waals surface area contributed by atoms with Gasteiger partial charge in [0.2, 0.25) is 0 Å². The molecule has 0 saturated carbocycles. The number of ether oxygens (including phenoxy) is 2. The van der Waals surface area contributed by atoms with Crippen molar-refractivity contribution < 1.29 is 9.47 Å². The van der Waals surface area contributed by atoms with E-state index >= 15 is 0 Å². The second kappa shape index (κ2) is 25.7. The zero-order chi connectivity index (χ0) is 47.0. The van der Waals surface area contributed by atoms with Gasteiger partial charge in [0.1, 0.15) is 33.6 Å². The maximum atomic E-state index is 5.80. The van der Waals surface area contributed by atoms with Crippen molar-refractivity contribution in [1.82, 2.24) is 25.0 Å². The van der Waals surface area contributed by atoms with Crippen molar-refractivity contribution in [2.45, 2.75) is 170 Å². The Balaban J connectivity index is 1.42. The van der Waals surface area contributed by atoms with Gasteiger partial charge in [-0.1, -0.05) is 144 Å². The predicted molar refractivity (Wildman–Crippen MR) is 287 cm³/mol. The molecule has 358 valence electrons. The minimum atomic E-state index is 0.666. The summed E-state index contributed by atoms with van der Waals surface area (Å²) in [7, 11) is 3.42. The lowest BCUT2D eigenvalue weighted by Gasteiger charge is -2.16. The highest BCUT2D eigenvalue weighted by Gasteiger charge is 2.28. The number of fused-ring (bicyclic) bond motifs is 2. The van der Waals surface area contributed by atoms with Crippen molar-refractivity contribution in [2.75, 3.05) is 14.2 Å². The molecule has 7 rings (SSSR count). The monoisotopic (exact) mass is 940 g/mol. The first-order chi connectivity index (χ1) is 32.9. The lowest BCUT2D eigenvalue weighted by molar-refractivity contribution is 0.414. The van der Waals surface area contributed by atoms with E-state index in [1.807, 2.05) is 51.7 Å². The quantitative estimate of drug-likeness (QED) is 0.0436. The van der Waals surface area contributed by atoms with Crippen molar-refractivity contribution in [1.29, 1.82) is 0 Å². The van der Waals surface area contributed by atoms with Crippen LogP contribution in [0.25, 0.3) is 65.5 Å².